The maximum Gasteiger partial charge on any atom is 0.258 e. The van der Waals surface area contributed by atoms with Gasteiger partial charge in [-0.1, -0.05) is 11.8 Å². The summed E-state index contributed by atoms with van der Waals surface area (Å²) in [5.74, 6) is 1.40. The summed E-state index contributed by atoms with van der Waals surface area (Å²) < 4.78 is 21.9. The van der Waals surface area contributed by atoms with Gasteiger partial charge in [0.05, 0.1) is 5.69 Å². The number of hydrogen-bond donors (Lipinski definition) is 0. The average molecular weight is 403 g/mol. The van der Waals surface area contributed by atoms with Crippen LogP contribution in [0.4, 0.5) is 4.39 Å². The van der Waals surface area contributed by atoms with Gasteiger partial charge in [-0.15, -0.1) is 21.5 Å². The van der Waals surface area contributed by atoms with Crippen molar-refractivity contribution in [3.63, 3.8) is 0 Å². The van der Waals surface area contributed by atoms with Gasteiger partial charge in [-0.3, -0.25) is 9.20 Å². The van der Waals surface area contributed by atoms with Crippen molar-refractivity contribution in [2.75, 3.05) is 0 Å². The smallest absolute Gasteiger partial charge is 0.258 e. The fourth-order valence-corrected chi connectivity index (χ4v) is 3.94. The number of aromatic nitrogens is 5. The summed E-state index contributed by atoms with van der Waals surface area (Å²) >= 11 is 2.86. The number of fused-ring (bicyclic) bond motifs is 1. The summed E-state index contributed by atoms with van der Waals surface area (Å²) in [6.45, 7) is 0.219. The van der Waals surface area contributed by atoms with E-state index in [-0.39, 0.29) is 18.0 Å². The first kappa shape index (κ1) is 17.7. The molecule has 4 aromatic rings. The molecule has 0 amide bonds. The molecule has 0 bridgehead atoms. The van der Waals surface area contributed by atoms with Crippen molar-refractivity contribution in [3.8, 4) is 5.75 Å². The summed E-state index contributed by atoms with van der Waals surface area (Å²) in [5.41, 5.74) is 0.600. The lowest BCUT2D eigenvalue weighted by molar-refractivity contribution is 0.290. The molecule has 3 heterocycles. The lowest BCUT2D eigenvalue weighted by atomic mass is 10.3. The molecule has 0 aliphatic carbocycles. The van der Waals surface area contributed by atoms with Gasteiger partial charge < -0.3 is 9.30 Å². The molecule has 0 spiro atoms. The molecule has 138 valence electrons. The van der Waals surface area contributed by atoms with E-state index in [0.717, 1.165) is 0 Å². The van der Waals surface area contributed by atoms with Crippen LogP contribution in [0, 0.1) is 5.82 Å². The highest BCUT2D eigenvalue weighted by Gasteiger charge is 2.11. The van der Waals surface area contributed by atoms with Crippen LogP contribution in [-0.4, -0.2) is 24.1 Å². The molecule has 7 nitrogen and oxygen atoms in total. The Morgan fingerprint density at radius 1 is 1.26 bits per heavy atom. The largest absolute Gasteiger partial charge is 0.486 e. The Balaban J connectivity index is 1.42. The van der Waals surface area contributed by atoms with Gasteiger partial charge >= 0.3 is 0 Å². The van der Waals surface area contributed by atoms with Crippen LogP contribution in [0.1, 0.15) is 11.5 Å². The Labute approximate surface area is 161 Å². The molecule has 0 fully saturated rings. The minimum absolute atomic E-state index is 0.0943. The topological polar surface area (TPSA) is 74.3 Å². The summed E-state index contributed by atoms with van der Waals surface area (Å²) in [6.07, 6.45) is 1.71. The number of ether oxygens (including phenoxy) is 1. The first-order valence-electron chi connectivity index (χ1n) is 7.95. The first-order valence-corrected chi connectivity index (χ1v) is 9.82. The fourth-order valence-electron chi connectivity index (χ4n) is 2.38. The van der Waals surface area contributed by atoms with Gasteiger partial charge in [0, 0.05) is 30.4 Å². The Morgan fingerprint density at radius 2 is 2.07 bits per heavy atom. The zero-order chi connectivity index (χ0) is 18.8. The van der Waals surface area contributed by atoms with Crippen molar-refractivity contribution < 1.29 is 9.13 Å². The van der Waals surface area contributed by atoms with Crippen LogP contribution < -0.4 is 10.3 Å². The molecule has 0 atom stereocenters. The predicted molar refractivity (Wildman–Crippen MR) is 101 cm³/mol. The highest BCUT2D eigenvalue weighted by atomic mass is 32.2. The molecular formula is C17H14FN5O2S2. The van der Waals surface area contributed by atoms with Gasteiger partial charge in [0.25, 0.3) is 5.56 Å². The minimum Gasteiger partial charge on any atom is -0.486 e. The molecule has 1 aromatic carbocycles. The molecule has 0 radical (unpaired) electrons. The molecule has 0 aliphatic heterocycles. The van der Waals surface area contributed by atoms with Crippen LogP contribution in [0.3, 0.4) is 0 Å². The van der Waals surface area contributed by atoms with E-state index in [0.29, 0.717) is 33.1 Å². The molecule has 27 heavy (non-hydrogen) atoms. The van der Waals surface area contributed by atoms with Crippen molar-refractivity contribution in [1.29, 1.82) is 0 Å². The number of nitrogens with zero attached hydrogens (tertiary/aromatic N) is 5. The second-order valence-corrected chi connectivity index (χ2v) is 7.45. The van der Waals surface area contributed by atoms with Gasteiger partial charge in [0.15, 0.2) is 15.9 Å². The predicted octanol–water partition coefficient (Wildman–Crippen LogP) is 2.89. The highest BCUT2D eigenvalue weighted by Crippen LogP contribution is 2.21. The average Bonchev–Trinajstić information content (AvgIpc) is 3.27. The Kier molecular flexibility index (Phi) is 4.90. The van der Waals surface area contributed by atoms with Crippen LogP contribution in [0.15, 0.2) is 51.9 Å². The second-order valence-electron chi connectivity index (χ2n) is 5.63. The van der Waals surface area contributed by atoms with Gasteiger partial charge in [-0.25, -0.2) is 9.37 Å². The van der Waals surface area contributed by atoms with Gasteiger partial charge in [-0.05, 0) is 24.3 Å². The molecule has 4 rings (SSSR count). The molecule has 0 unspecified atom stereocenters. The first-order chi connectivity index (χ1) is 13.1. The second kappa shape index (κ2) is 7.49. The molecule has 0 aliphatic rings. The molecule has 10 heteroatoms. The summed E-state index contributed by atoms with van der Waals surface area (Å²) in [4.78, 5) is 17.2. The number of thioether (sulfide) groups is 1. The highest BCUT2D eigenvalue weighted by molar-refractivity contribution is 7.98. The normalized spacial score (nSPS) is 11.2. The van der Waals surface area contributed by atoms with Gasteiger partial charge in [-0.2, -0.15) is 0 Å². The number of hydrogen-bond acceptors (Lipinski definition) is 7. The van der Waals surface area contributed by atoms with E-state index in [1.54, 1.807) is 18.3 Å². The van der Waals surface area contributed by atoms with Crippen LogP contribution in [0.2, 0.25) is 0 Å². The minimum atomic E-state index is -0.311. The summed E-state index contributed by atoms with van der Waals surface area (Å²) in [7, 11) is 1.84. The lowest BCUT2D eigenvalue weighted by Gasteiger charge is -2.06. The summed E-state index contributed by atoms with van der Waals surface area (Å²) in [6, 6.07) is 7.33. The molecular weight excluding hydrogens is 389 g/mol. The van der Waals surface area contributed by atoms with Crippen molar-refractivity contribution >= 4 is 28.1 Å². The zero-order valence-electron chi connectivity index (χ0n) is 14.2. The van der Waals surface area contributed by atoms with Gasteiger partial charge in [0.2, 0.25) is 0 Å². The molecule has 0 saturated carbocycles. The number of halogens is 1. The van der Waals surface area contributed by atoms with Crippen LogP contribution in [0.5, 0.6) is 5.75 Å². The van der Waals surface area contributed by atoms with Crippen molar-refractivity contribution in [2.24, 2.45) is 7.05 Å². The quantitative estimate of drug-likeness (QED) is 0.461. The number of thiazole rings is 1. The standard InChI is InChI=1S/C17H14FN5O2S2/c1-22-14(9-25-13-4-2-11(18)3-5-13)20-21-17(22)27-10-12-8-15(24)23-6-7-26-16(23)19-12/h2-8H,9-10H2,1H3. The van der Waals surface area contributed by atoms with E-state index >= 15 is 0 Å². The molecule has 0 saturated heterocycles. The van der Waals surface area contributed by atoms with Crippen molar-refractivity contribution in [1.82, 2.24) is 24.1 Å². The number of benzene rings is 1. The van der Waals surface area contributed by atoms with Crippen molar-refractivity contribution in [2.45, 2.75) is 17.5 Å². The fraction of sp³-hybridized carbons (Fsp3) is 0.176. The third-order valence-corrected chi connectivity index (χ3v) is 5.62. The SMILES string of the molecule is Cn1c(COc2ccc(F)cc2)nnc1SCc1cc(=O)n2ccsc2n1. The Hall–Kier alpha value is -2.72. The monoisotopic (exact) mass is 403 g/mol. The van der Waals surface area contributed by atoms with E-state index in [4.69, 9.17) is 4.74 Å². The van der Waals surface area contributed by atoms with Crippen LogP contribution in [-0.2, 0) is 19.4 Å². The Morgan fingerprint density at radius 3 is 2.89 bits per heavy atom. The zero-order valence-corrected chi connectivity index (χ0v) is 15.8. The van der Waals surface area contributed by atoms with Crippen LogP contribution in [0.25, 0.3) is 4.96 Å². The van der Waals surface area contributed by atoms with Crippen molar-refractivity contribution in [3.05, 3.63) is 69.6 Å². The maximum absolute atomic E-state index is 12.9. The molecule has 3 aromatic heterocycles. The summed E-state index contributed by atoms with van der Waals surface area (Å²) in [5, 5.41) is 10.8. The Bertz CT molecular complexity index is 1140. The van der Waals surface area contributed by atoms with E-state index in [2.05, 4.69) is 15.2 Å². The van der Waals surface area contributed by atoms with Gasteiger partial charge in [0.1, 0.15) is 18.2 Å². The van der Waals surface area contributed by atoms with E-state index in [1.807, 2.05) is 17.0 Å². The third-order valence-electron chi connectivity index (χ3n) is 3.81. The van der Waals surface area contributed by atoms with E-state index < -0.39 is 0 Å². The maximum atomic E-state index is 12.9. The van der Waals surface area contributed by atoms with E-state index in [1.165, 1.54) is 45.7 Å². The van der Waals surface area contributed by atoms with E-state index in [9.17, 15) is 9.18 Å². The van der Waals surface area contributed by atoms with Crippen LogP contribution >= 0.6 is 23.1 Å². The number of rotatable bonds is 6. The third kappa shape index (κ3) is 3.86. The molecule has 0 N–H and O–H groups in total. The lowest BCUT2D eigenvalue weighted by Crippen LogP contribution is -2.12.